The Balaban J connectivity index is 4.51. The van der Waals surface area contributed by atoms with Gasteiger partial charge in [-0.15, -0.1) is 0 Å². The predicted octanol–water partition coefficient (Wildman–Crippen LogP) is 10.7. The first-order valence-corrected chi connectivity index (χ1v) is 22.5. The van der Waals surface area contributed by atoms with E-state index in [0.717, 1.165) is 64.2 Å². The number of phosphoric ester groups is 1. The first kappa shape index (κ1) is 50.5. The average molecular weight is 753 g/mol. The number of aliphatic hydroxyl groups is 1. The number of rotatable bonds is 37. The summed E-state index contributed by atoms with van der Waals surface area (Å²) in [5.41, 5.74) is 0. The van der Waals surface area contributed by atoms with Gasteiger partial charge in [0.2, 0.25) is 5.91 Å². The van der Waals surface area contributed by atoms with Crippen LogP contribution in [0, 0.1) is 0 Å². The van der Waals surface area contributed by atoms with Gasteiger partial charge in [0, 0.05) is 6.42 Å². The summed E-state index contributed by atoms with van der Waals surface area (Å²) in [6.07, 6.45) is 43.0. The second-order valence-corrected chi connectivity index (χ2v) is 16.7. The molecule has 2 N–H and O–H groups in total. The van der Waals surface area contributed by atoms with Gasteiger partial charge in [-0.05, 0) is 51.4 Å². The maximum atomic E-state index is 12.8. The number of carbonyl (C=O) groups is 1. The summed E-state index contributed by atoms with van der Waals surface area (Å²) in [6, 6.07) is -0.900. The standard InChI is InChI=1S/C43H81N2O6P/c1-6-8-10-12-14-16-18-20-21-22-23-25-26-28-30-32-34-36-42(46)41(40-51-52(48,49)50-39-38-45(3,4)5)44-43(47)37-35-33-31-29-27-24-19-17-15-13-11-9-7-2/h9,11,15,17,24,27,34,36,41-42,46H,6-8,10,12-14,16,18-23,25-26,28-33,35,37-40H2,1-5H3,(H-,44,47,48,49)/b11-9-,17-15-,27-24-,36-34+. The Labute approximate surface area is 320 Å². The van der Waals surface area contributed by atoms with Crippen molar-refractivity contribution < 1.29 is 32.9 Å². The fourth-order valence-electron chi connectivity index (χ4n) is 5.69. The lowest BCUT2D eigenvalue weighted by atomic mass is 10.0. The third kappa shape index (κ3) is 36.8. The van der Waals surface area contributed by atoms with Crippen LogP contribution >= 0.6 is 7.82 Å². The SMILES string of the molecule is CC/C=C\C/C=C\C/C=C\CCCCCC(=O)NC(COP(=O)([O-])OCC[N+](C)(C)C)C(O)/C=C/CCCCCCCCCCCCCCCCC. The molecule has 0 fully saturated rings. The molecule has 3 unspecified atom stereocenters. The lowest BCUT2D eigenvalue weighted by molar-refractivity contribution is -0.870. The van der Waals surface area contributed by atoms with Crippen LogP contribution in [-0.2, 0) is 18.4 Å². The van der Waals surface area contributed by atoms with Crippen molar-refractivity contribution in [2.45, 2.75) is 180 Å². The molecule has 0 aromatic heterocycles. The Bertz CT molecular complexity index is 991. The molecule has 0 spiro atoms. The molecule has 3 atom stereocenters. The van der Waals surface area contributed by atoms with Crippen LogP contribution in [0.15, 0.2) is 48.6 Å². The van der Waals surface area contributed by atoms with E-state index in [2.05, 4.69) is 55.6 Å². The molecule has 0 aromatic rings. The Kier molecular flexibility index (Phi) is 34.1. The number of unbranched alkanes of at least 4 members (excludes halogenated alkanes) is 18. The minimum atomic E-state index is -4.59. The molecule has 0 aliphatic carbocycles. The zero-order valence-electron chi connectivity index (χ0n) is 34.2. The fourth-order valence-corrected chi connectivity index (χ4v) is 6.42. The monoisotopic (exact) mass is 753 g/mol. The third-order valence-corrected chi connectivity index (χ3v) is 10.0. The van der Waals surface area contributed by atoms with E-state index < -0.39 is 26.6 Å². The maximum Gasteiger partial charge on any atom is 0.268 e. The van der Waals surface area contributed by atoms with Crippen molar-refractivity contribution in [3.05, 3.63) is 48.6 Å². The van der Waals surface area contributed by atoms with Gasteiger partial charge in [-0.1, -0.05) is 159 Å². The molecule has 9 heteroatoms. The molecule has 1 amide bonds. The van der Waals surface area contributed by atoms with Crippen molar-refractivity contribution >= 4 is 13.7 Å². The van der Waals surface area contributed by atoms with Gasteiger partial charge in [0.05, 0.1) is 39.9 Å². The Morgan fingerprint density at radius 3 is 1.71 bits per heavy atom. The van der Waals surface area contributed by atoms with Gasteiger partial charge in [-0.3, -0.25) is 9.36 Å². The summed E-state index contributed by atoms with van der Waals surface area (Å²) in [7, 11) is 1.23. The zero-order valence-corrected chi connectivity index (χ0v) is 35.1. The number of amides is 1. The highest BCUT2D eigenvalue weighted by Gasteiger charge is 2.23. The second kappa shape index (κ2) is 35.2. The quantitative estimate of drug-likeness (QED) is 0.0283. The predicted molar refractivity (Wildman–Crippen MR) is 219 cm³/mol. The Morgan fingerprint density at radius 2 is 1.17 bits per heavy atom. The molecular formula is C43H81N2O6P. The molecule has 0 aliphatic heterocycles. The van der Waals surface area contributed by atoms with Crippen molar-refractivity contribution in [3.63, 3.8) is 0 Å². The smallest absolute Gasteiger partial charge is 0.268 e. The maximum absolute atomic E-state index is 12.8. The van der Waals surface area contributed by atoms with Crippen LogP contribution in [0.2, 0.25) is 0 Å². The van der Waals surface area contributed by atoms with E-state index in [9.17, 15) is 19.4 Å². The number of aliphatic hydroxyl groups excluding tert-OH is 1. The van der Waals surface area contributed by atoms with Crippen LogP contribution in [0.5, 0.6) is 0 Å². The summed E-state index contributed by atoms with van der Waals surface area (Å²) in [6.45, 7) is 4.49. The van der Waals surface area contributed by atoms with Crippen LogP contribution in [0.1, 0.15) is 168 Å². The van der Waals surface area contributed by atoms with Gasteiger partial charge in [0.15, 0.2) is 0 Å². The second-order valence-electron chi connectivity index (χ2n) is 15.3. The van der Waals surface area contributed by atoms with Crippen LogP contribution in [0.4, 0.5) is 0 Å². The van der Waals surface area contributed by atoms with E-state index in [1.807, 2.05) is 27.2 Å². The van der Waals surface area contributed by atoms with Gasteiger partial charge < -0.3 is 28.8 Å². The highest BCUT2D eigenvalue weighted by atomic mass is 31.2. The number of nitrogens with one attached hydrogen (secondary N) is 1. The van der Waals surface area contributed by atoms with Crippen LogP contribution in [0.3, 0.4) is 0 Å². The van der Waals surface area contributed by atoms with Gasteiger partial charge in [0.25, 0.3) is 7.82 Å². The van der Waals surface area contributed by atoms with E-state index >= 15 is 0 Å². The summed E-state index contributed by atoms with van der Waals surface area (Å²) in [5, 5.41) is 13.7. The summed E-state index contributed by atoms with van der Waals surface area (Å²) in [5.74, 6) is -0.229. The summed E-state index contributed by atoms with van der Waals surface area (Å²) >= 11 is 0. The number of hydrogen-bond acceptors (Lipinski definition) is 6. The number of nitrogens with zero attached hydrogens (tertiary/aromatic N) is 1. The van der Waals surface area contributed by atoms with Crippen LogP contribution in [-0.4, -0.2) is 68.5 Å². The third-order valence-electron chi connectivity index (χ3n) is 9.04. The van der Waals surface area contributed by atoms with Gasteiger partial charge in [-0.2, -0.15) is 0 Å². The minimum Gasteiger partial charge on any atom is -0.756 e. The summed E-state index contributed by atoms with van der Waals surface area (Å²) < 4.78 is 23.1. The first-order chi connectivity index (χ1) is 25.0. The van der Waals surface area contributed by atoms with E-state index in [4.69, 9.17) is 9.05 Å². The highest BCUT2D eigenvalue weighted by molar-refractivity contribution is 7.45. The van der Waals surface area contributed by atoms with E-state index in [-0.39, 0.29) is 12.5 Å². The molecule has 0 radical (unpaired) electrons. The van der Waals surface area contributed by atoms with Crippen molar-refractivity contribution in [2.24, 2.45) is 0 Å². The number of likely N-dealkylation sites (N-methyl/N-ethyl adjacent to an activating group) is 1. The van der Waals surface area contributed by atoms with Gasteiger partial charge >= 0.3 is 0 Å². The number of quaternary nitrogens is 1. The van der Waals surface area contributed by atoms with Crippen molar-refractivity contribution in [1.29, 1.82) is 0 Å². The topological polar surface area (TPSA) is 108 Å². The molecule has 0 aromatic carbocycles. The summed E-state index contributed by atoms with van der Waals surface area (Å²) in [4.78, 5) is 25.2. The number of hydrogen-bond donors (Lipinski definition) is 2. The van der Waals surface area contributed by atoms with Crippen molar-refractivity contribution in [1.82, 2.24) is 5.32 Å². The van der Waals surface area contributed by atoms with E-state index in [1.165, 1.54) is 83.5 Å². The molecular weight excluding hydrogens is 671 g/mol. The van der Waals surface area contributed by atoms with Crippen LogP contribution in [0.25, 0.3) is 0 Å². The Hall–Kier alpha value is -1.54. The van der Waals surface area contributed by atoms with E-state index in [1.54, 1.807) is 6.08 Å². The first-order valence-electron chi connectivity index (χ1n) is 21.0. The van der Waals surface area contributed by atoms with Crippen molar-refractivity contribution in [2.75, 3.05) is 40.9 Å². The largest absolute Gasteiger partial charge is 0.756 e. The molecule has 304 valence electrons. The molecule has 52 heavy (non-hydrogen) atoms. The number of carbonyl (C=O) groups excluding carboxylic acids is 1. The average Bonchev–Trinajstić information content (AvgIpc) is 3.09. The van der Waals surface area contributed by atoms with E-state index in [0.29, 0.717) is 17.4 Å². The Morgan fingerprint density at radius 1 is 0.692 bits per heavy atom. The fraction of sp³-hybridized carbons (Fsp3) is 0.791. The molecule has 0 heterocycles. The highest BCUT2D eigenvalue weighted by Crippen LogP contribution is 2.38. The molecule has 0 bridgehead atoms. The molecule has 0 saturated heterocycles. The van der Waals surface area contributed by atoms with Gasteiger partial charge in [-0.25, -0.2) is 0 Å². The number of allylic oxidation sites excluding steroid dienone is 7. The van der Waals surface area contributed by atoms with Crippen molar-refractivity contribution in [3.8, 4) is 0 Å². The number of phosphoric acid groups is 1. The molecule has 0 aliphatic rings. The zero-order chi connectivity index (χ0) is 38.6. The van der Waals surface area contributed by atoms with Gasteiger partial charge in [0.1, 0.15) is 13.2 Å². The van der Waals surface area contributed by atoms with Crippen LogP contribution < -0.4 is 10.2 Å². The lowest BCUT2D eigenvalue weighted by Gasteiger charge is -2.29. The molecule has 0 rings (SSSR count). The lowest BCUT2D eigenvalue weighted by Crippen LogP contribution is -2.45. The molecule has 0 saturated carbocycles. The normalized spacial score (nSPS) is 15.0. The molecule has 8 nitrogen and oxygen atoms in total. The minimum absolute atomic E-state index is 0.00839.